The van der Waals surface area contributed by atoms with Gasteiger partial charge in [-0.05, 0) is 32.6 Å². The predicted octanol–water partition coefficient (Wildman–Crippen LogP) is 1.91. The standard InChI is InChI=1S/C15H23N3O2/c1-9-7-5-6-8-12(9)16-15(20)14(19)13-10(2)17-18(4)11(13)3/h9,12H,5-8H2,1-4H3,(H,16,20). The fourth-order valence-corrected chi connectivity index (χ4v) is 2.98. The summed E-state index contributed by atoms with van der Waals surface area (Å²) in [4.78, 5) is 24.5. The van der Waals surface area contributed by atoms with E-state index < -0.39 is 11.7 Å². The monoisotopic (exact) mass is 277 g/mol. The number of nitrogens with one attached hydrogen (secondary N) is 1. The molecule has 110 valence electrons. The maximum Gasteiger partial charge on any atom is 0.292 e. The molecular weight excluding hydrogens is 254 g/mol. The summed E-state index contributed by atoms with van der Waals surface area (Å²) in [5, 5.41) is 7.10. The first-order valence-electron chi connectivity index (χ1n) is 7.27. The van der Waals surface area contributed by atoms with Crippen molar-refractivity contribution >= 4 is 11.7 Å². The van der Waals surface area contributed by atoms with E-state index in [0.29, 0.717) is 17.2 Å². The molecule has 1 fully saturated rings. The lowest BCUT2D eigenvalue weighted by Crippen LogP contribution is -2.44. The minimum absolute atomic E-state index is 0.123. The fraction of sp³-hybridized carbons (Fsp3) is 0.667. The number of amides is 1. The Morgan fingerprint density at radius 2 is 1.90 bits per heavy atom. The van der Waals surface area contributed by atoms with Gasteiger partial charge in [-0.3, -0.25) is 14.3 Å². The average molecular weight is 277 g/mol. The second-order valence-corrected chi connectivity index (χ2v) is 5.84. The SMILES string of the molecule is Cc1nn(C)c(C)c1C(=O)C(=O)NC1CCCCC1C. The molecule has 1 amide bonds. The molecule has 1 heterocycles. The summed E-state index contributed by atoms with van der Waals surface area (Å²) in [5.41, 5.74) is 1.79. The molecule has 0 bridgehead atoms. The number of hydrogen-bond donors (Lipinski definition) is 1. The number of ketones is 1. The summed E-state index contributed by atoms with van der Waals surface area (Å²) < 4.78 is 1.64. The first-order chi connectivity index (χ1) is 9.41. The van der Waals surface area contributed by atoms with Crippen LogP contribution in [0.3, 0.4) is 0 Å². The van der Waals surface area contributed by atoms with Crippen LogP contribution in [0.5, 0.6) is 0 Å². The predicted molar refractivity (Wildman–Crippen MR) is 76.6 cm³/mol. The highest BCUT2D eigenvalue weighted by Crippen LogP contribution is 2.24. The van der Waals surface area contributed by atoms with Gasteiger partial charge >= 0.3 is 0 Å². The highest BCUT2D eigenvalue weighted by atomic mass is 16.2. The summed E-state index contributed by atoms with van der Waals surface area (Å²) >= 11 is 0. The number of carbonyl (C=O) groups is 2. The Labute approximate surface area is 119 Å². The van der Waals surface area contributed by atoms with Crippen LogP contribution in [-0.4, -0.2) is 27.5 Å². The Balaban J connectivity index is 2.10. The van der Waals surface area contributed by atoms with Gasteiger partial charge in [-0.2, -0.15) is 5.10 Å². The van der Waals surface area contributed by atoms with Gasteiger partial charge in [0, 0.05) is 18.8 Å². The molecule has 1 aromatic heterocycles. The van der Waals surface area contributed by atoms with E-state index in [2.05, 4.69) is 17.3 Å². The van der Waals surface area contributed by atoms with Gasteiger partial charge in [0.05, 0.1) is 11.3 Å². The topological polar surface area (TPSA) is 64.0 Å². The van der Waals surface area contributed by atoms with Gasteiger partial charge in [-0.15, -0.1) is 0 Å². The van der Waals surface area contributed by atoms with Gasteiger partial charge in [0.1, 0.15) is 0 Å². The number of rotatable bonds is 3. The highest BCUT2D eigenvalue weighted by molar-refractivity contribution is 6.43. The fourth-order valence-electron chi connectivity index (χ4n) is 2.98. The Morgan fingerprint density at radius 1 is 1.25 bits per heavy atom. The number of aromatic nitrogens is 2. The number of Topliss-reactive ketones (excluding diaryl/α,β-unsaturated/α-hetero) is 1. The molecule has 5 nitrogen and oxygen atoms in total. The van der Waals surface area contributed by atoms with Crippen LogP contribution in [0.25, 0.3) is 0 Å². The minimum atomic E-state index is -0.497. The molecule has 1 aliphatic carbocycles. The van der Waals surface area contributed by atoms with Crippen molar-refractivity contribution in [1.29, 1.82) is 0 Å². The maximum absolute atomic E-state index is 12.3. The van der Waals surface area contributed by atoms with E-state index in [1.807, 2.05) is 6.92 Å². The van der Waals surface area contributed by atoms with E-state index in [4.69, 9.17) is 0 Å². The van der Waals surface area contributed by atoms with E-state index in [0.717, 1.165) is 25.0 Å². The third-order valence-electron chi connectivity index (χ3n) is 4.37. The molecule has 2 rings (SSSR count). The smallest absolute Gasteiger partial charge is 0.292 e. The molecule has 1 N–H and O–H groups in total. The van der Waals surface area contributed by atoms with Gasteiger partial charge in [0.2, 0.25) is 0 Å². The van der Waals surface area contributed by atoms with E-state index in [9.17, 15) is 9.59 Å². The molecule has 1 aliphatic rings. The second-order valence-electron chi connectivity index (χ2n) is 5.84. The van der Waals surface area contributed by atoms with Crippen molar-refractivity contribution in [3.05, 3.63) is 17.0 Å². The van der Waals surface area contributed by atoms with Crippen molar-refractivity contribution in [3.8, 4) is 0 Å². The third kappa shape index (κ3) is 2.76. The molecule has 0 radical (unpaired) electrons. The largest absolute Gasteiger partial charge is 0.346 e. The van der Waals surface area contributed by atoms with Crippen molar-refractivity contribution in [1.82, 2.24) is 15.1 Å². The van der Waals surface area contributed by atoms with Gasteiger partial charge < -0.3 is 5.32 Å². The quantitative estimate of drug-likeness (QED) is 0.678. The molecule has 1 aromatic rings. The summed E-state index contributed by atoms with van der Waals surface area (Å²) in [6.07, 6.45) is 4.41. The molecule has 0 aromatic carbocycles. The van der Waals surface area contributed by atoms with Crippen LogP contribution in [0, 0.1) is 19.8 Å². The Morgan fingerprint density at radius 3 is 2.45 bits per heavy atom. The Bertz CT molecular complexity index is 533. The van der Waals surface area contributed by atoms with Crippen molar-refractivity contribution in [2.45, 2.75) is 52.5 Å². The lowest BCUT2D eigenvalue weighted by atomic mass is 9.86. The van der Waals surface area contributed by atoms with E-state index in [-0.39, 0.29) is 6.04 Å². The van der Waals surface area contributed by atoms with Crippen molar-refractivity contribution < 1.29 is 9.59 Å². The van der Waals surface area contributed by atoms with E-state index >= 15 is 0 Å². The minimum Gasteiger partial charge on any atom is -0.346 e. The molecule has 20 heavy (non-hydrogen) atoms. The Hall–Kier alpha value is -1.65. The molecule has 2 unspecified atom stereocenters. The van der Waals surface area contributed by atoms with Crippen molar-refractivity contribution in [2.75, 3.05) is 0 Å². The second kappa shape index (κ2) is 5.77. The number of nitrogens with zero attached hydrogens (tertiary/aromatic N) is 2. The number of carbonyl (C=O) groups excluding carboxylic acids is 2. The molecular formula is C15H23N3O2. The van der Waals surface area contributed by atoms with Gasteiger partial charge in [-0.25, -0.2) is 0 Å². The van der Waals surface area contributed by atoms with Crippen LogP contribution >= 0.6 is 0 Å². The van der Waals surface area contributed by atoms with Gasteiger partial charge in [-0.1, -0.05) is 19.8 Å². The summed E-state index contributed by atoms with van der Waals surface area (Å²) in [7, 11) is 1.78. The zero-order valence-corrected chi connectivity index (χ0v) is 12.7. The van der Waals surface area contributed by atoms with E-state index in [1.165, 1.54) is 6.42 Å². The summed E-state index contributed by atoms with van der Waals surface area (Å²) in [6, 6.07) is 0.123. The number of aryl methyl sites for hydroxylation is 2. The molecule has 0 spiro atoms. The molecule has 0 saturated heterocycles. The van der Waals surface area contributed by atoms with Crippen LogP contribution in [0.4, 0.5) is 0 Å². The third-order valence-corrected chi connectivity index (χ3v) is 4.37. The first-order valence-corrected chi connectivity index (χ1v) is 7.27. The summed E-state index contributed by atoms with van der Waals surface area (Å²) in [6.45, 7) is 5.70. The van der Waals surface area contributed by atoms with Crippen LogP contribution in [0.15, 0.2) is 0 Å². The lowest BCUT2D eigenvalue weighted by Gasteiger charge is -2.29. The van der Waals surface area contributed by atoms with Crippen molar-refractivity contribution in [2.24, 2.45) is 13.0 Å². The molecule has 0 aliphatic heterocycles. The maximum atomic E-state index is 12.3. The van der Waals surface area contributed by atoms with Gasteiger partial charge in [0.15, 0.2) is 0 Å². The zero-order valence-electron chi connectivity index (χ0n) is 12.7. The van der Waals surface area contributed by atoms with Crippen LogP contribution in [0.1, 0.15) is 54.4 Å². The van der Waals surface area contributed by atoms with Gasteiger partial charge in [0.25, 0.3) is 11.7 Å². The van der Waals surface area contributed by atoms with Crippen LogP contribution in [-0.2, 0) is 11.8 Å². The highest BCUT2D eigenvalue weighted by Gasteiger charge is 2.28. The number of hydrogen-bond acceptors (Lipinski definition) is 3. The molecule has 5 heteroatoms. The average Bonchev–Trinajstić information content (AvgIpc) is 2.65. The first kappa shape index (κ1) is 14.8. The normalized spacial score (nSPS) is 22.6. The lowest BCUT2D eigenvalue weighted by molar-refractivity contribution is -0.118. The molecule has 1 saturated carbocycles. The summed E-state index contributed by atoms with van der Waals surface area (Å²) in [5.74, 6) is -0.523. The zero-order chi connectivity index (χ0) is 14.9. The van der Waals surface area contributed by atoms with Crippen LogP contribution < -0.4 is 5.32 Å². The molecule has 2 atom stereocenters. The van der Waals surface area contributed by atoms with E-state index in [1.54, 1.807) is 18.7 Å². The van der Waals surface area contributed by atoms with Crippen molar-refractivity contribution in [3.63, 3.8) is 0 Å². The van der Waals surface area contributed by atoms with Crippen LogP contribution in [0.2, 0.25) is 0 Å². The Kier molecular flexibility index (Phi) is 4.26.